The van der Waals surface area contributed by atoms with Crippen molar-refractivity contribution in [2.75, 3.05) is 31.6 Å². The summed E-state index contributed by atoms with van der Waals surface area (Å²) in [6.07, 6.45) is 0. The number of benzene rings is 1. The van der Waals surface area contributed by atoms with Gasteiger partial charge in [-0.15, -0.1) is 0 Å². The number of piperazine rings is 1. The first-order chi connectivity index (χ1) is 8.49. The number of carboxylic acids is 1. The number of hydrogen-bond donors (Lipinski definition) is 1. The molecule has 1 aromatic rings. The van der Waals surface area contributed by atoms with Crippen LogP contribution in [0.25, 0.3) is 0 Å². The molecule has 4 nitrogen and oxygen atoms in total. The van der Waals surface area contributed by atoms with Crippen LogP contribution in [-0.2, 0) is 4.79 Å². The Morgan fingerprint density at radius 2 is 2.17 bits per heavy atom. The Labute approximate surface area is 115 Å². The van der Waals surface area contributed by atoms with Crippen LogP contribution in [0.15, 0.2) is 22.7 Å². The summed E-state index contributed by atoms with van der Waals surface area (Å²) in [5.41, 5.74) is 2.26. The number of carboxylic acid groups (broad SMARTS) is 1. The molecule has 0 aromatic heterocycles. The van der Waals surface area contributed by atoms with Gasteiger partial charge in [0.05, 0.1) is 0 Å². The summed E-state index contributed by atoms with van der Waals surface area (Å²) in [4.78, 5) is 15.2. The molecule has 1 N–H and O–H groups in total. The van der Waals surface area contributed by atoms with E-state index in [-0.39, 0.29) is 0 Å². The van der Waals surface area contributed by atoms with Crippen molar-refractivity contribution in [3.8, 4) is 0 Å². The second-order valence-corrected chi connectivity index (χ2v) is 5.57. The van der Waals surface area contributed by atoms with E-state index < -0.39 is 12.0 Å². The molecule has 1 aliphatic rings. The fourth-order valence-electron chi connectivity index (χ4n) is 2.15. The lowest BCUT2D eigenvalue weighted by atomic mass is 10.1. The molecule has 5 heteroatoms. The molecule has 1 atom stereocenters. The molecule has 0 amide bonds. The van der Waals surface area contributed by atoms with Gasteiger partial charge >= 0.3 is 5.97 Å². The summed E-state index contributed by atoms with van der Waals surface area (Å²) < 4.78 is 1.06. The Morgan fingerprint density at radius 3 is 2.78 bits per heavy atom. The van der Waals surface area contributed by atoms with E-state index in [1.165, 1.54) is 5.56 Å². The van der Waals surface area contributed by atoms with E-state index in [0.29, 0.717) is 6.54 Å². The Bertz CT molecular complexity index is 464. The highest BCUT2D eigenvalue weighted by atomic mass is 79.9. The molecule has 0 radical (unpaired) electrons. The number of aryl methyl sites for hydroxylation is 1. The molecule has 18 heavy (non-hydrogen) atoms. The van der Waals surface area contributed by atoms with Gasteiger partial charge in [0.25, 0.3) is 0 Å². The predicted molar refractivity (Wildman–Crippen MR) is 75.1 cm³/mol. The van der Waals surface area contributed by atoms with Crippen LogP contribution in [-0.4, -0.2) is 48.7 Å². The molecule has 1 aromatic carbocycles. The van der Waals surface area contributed by atoms with Gasteiger partial charge in [0, 0.05) is 29.8 Å². The first-order valence-electron chi connectivity index (χ1n) is 5.93. The van der Waals surface area contributed by atoms with E-state index in [0.717, 1.165) is 23.2 Å². The highest BCUT2D eigenvalue weighted by Crippen LogP contribution is 2.25. The molecular formula is C13H17BrN2O2. The smallest absolute Gasteiger partial charge is 0.322 e. The van der Waals surface area contributed by atoms with E-state index >= 15 is 0 Å². The number of anilines is 1. The van der Waals surface area contributed by atoms with Crippen molar-refractivity contribution >= 4 is 27.6 Å². The fourth-order valence-corrected chi connectivity index (χ4v) is 2.52. The van der Waals surface area contributed by atoms with Crippen molar-refractivity contribution < 1.29 is 9.90 Å². The zero-order valence-corrected chi connectivity index (χ0v) is 12.1. The zero-order chi connectivity index (χ0) is 13.3. The Kier molecular flexibility index (Phi) is 3.92. The summed E-state index contributed by atoms with van der Waals surface area (Å²) in [5, 5.41) is 9.19. The van der Waals surface area contributed by atoms with Gasteiger partial charge in [-0.3, -0.25) is 9.69 Å². The Morgan fingerprint density at radius 1 is 1.44 bits per heavy atom. The maximum atomic E-state index is 11.2. The lowest BCUT2D eigenvalue weighted by molar-refractivity contribution is -0.142. The highest BCUT2D eigenvalue weighted by molar-refractivity contribution is 9.10. The summed E-state index contributed by atoms with van der Waals surface area (Å²) in [5.74, 6) is -0.756. The molecule has 98 valence electrons. The molecule has 0 saturated carbocycles. The topological polar surface area (TPSA) is 43.8 Å². The molecule has 1 saturated heterocycles. The van der Waals surface area contributed by atoms with Gasteiger partial charge in [-0.25, -0.2) is 0 Å². The molecule has 1 unspecified atom stereocenters. The van der Waals surface area contributed by atoms with Crippen LogP contribution in [0.5, 0.6) is 0 Å². The minimum atomic E-state index is -0.756. The van der Waals surface area contributed by atoms with Crippen molar-refractivity contribution in [3.63, 3.8) is 0 Å². The SMILES string of the molecule is Cc1ccc(N2CCN(C)C(C(=O)O)C2)cc1Br. The van der Waals surface area contributed by atoms with Crippen LogP contribution in [0.1, 0.15) is 5.56 Å². The van der Waals surface area contributed by atoms with Crippen molar-refractivity contribution in [2.24, 2.45) is 0 Å². The molecule has 0 spiro atoms. The quantitative estimate of drug-likeness (QED) is 0.906. The predicted octanol–water partition coefficient (Wildman–Crippen LogP) is 1.96. The van der Waals surface area contributed by atoms with Crippen molar-refractivity contribution in [2.45, 2.75) is 13.0 Å². The average molecular weight is 313 g/mol. The van der Waals surface area contributed by atoms with Crippen LogP contribution in [0.2, 0.25) is 0 Å². The maximum absolute atomic E-state index is 11.2. The van der Waals surface area contributed by atoms with E-state index in [4.69, 9.17) is 0 Å². The molecule has 1 fully saturated rings. The largest absolute Gasteiger partial charge is 0.480 e. The normalized spacial score (nSPS) is 21.1. The standard InChI is InChI=1S/C13H17BrN2O2/c1-9-3-4-10(7-11(9)14)16-6-5-15(2)12(8-16)13(17)18/h3-4,7,12H,5-6,8H2,1-2H3,(H,17,18). The Balaban J connectivity index is 2.18. The summed E-state index contributed by atoms with van der Waals surface area (Å²) in [7, 11) is 1.86. The van der Waals surface area contributed by atoms with Gasteiger partial charge in [0.1, 0.15) is 6.04 Å². The van der Waals surface area contributed by atoms with E-state index in [9.17, 15) is 9.90 Å². The van der Waals surface area contributed by atoms with E-state index in [1.54, 1.807) is 0 Å². The number of aliphatic carboxylic acids is 1. The second-order valence-electron chi connectivity index (χ2n) is 4.71. The third-order valence-electron chi connectivity index (χ3n) is 3.45. The number of halogens is 1. The average Bonchev–Trinajstić information content (AvgIpc) is 2.33. The number of hydrogen-bond acceptors (Lipinski definition) is 3. The van der Waals surface area contributed by atoms with Gasteiger partial charge in [0.15, 0.2) is 0 Å². The van der Waals surface area contributed by atoms with Gasteiger partial charge in [-0.2, -0.15) is 0 Å². The number of rotatable bonds is 2. The van der Waals surface area contributed by atoms with Crippen molar-refractivity contribution in [1.29, 1.82) is 0 Å². The first kappa shape index (κ1) is 13.4. The maximum Gasteiger partial charge on any atom is 0.322 e. The summed E-state index contributed by atoms with van der Waals surface area (Å²) in [6.45, 7) is 4.19. The van der Waals surface area contributed by atoms with Crippen LogP contribution < -0.4 is 4.90 Å². The van der Waals surface area contributed by atoms with Gasteiger partial charge in [-0.05, 0) is 31.7 Å². The van der Waals surface area contributed by atoms with E-state index in [1.807, 2.05) is 31.0 Å². The third-order valence-corrected chi connectivity index (χ3v) is 4.31. The molecule has 0 aliphatic carbocycles. The highest BCUT2D eigenvalue weighted by Gasteiger charge is 2.29. The molecule has 1 heterocycles. The fraction of sp³-hybridized carbons (Fsp3) is 0.462. The van der Waals surface area contributed by atoms with Crippen LogP contribution in [0, 0.1) is 6.92 Å². The minimum Gasteiger partial charge on any atom is -0.480 e. The molecule has 0 bridgehead atoms. The Hall–Kier alpha value is -1.07. The van der Waals surface area contributed by atoms with Gasteiger partial charge in [-0.1, -0.05) is 22.0 Å². The number of carbonyl (C=O) groups is 1. The third kappa shape index (κ3) is 2.67. The van der Waals surface area contributed by atoms with Crippen LogP contribution in [0.3, 0.4) is 0 Å². The number of nitrogens with zero attached hydrogens (tertiary/aromatic N) is 2. The summed E-state index contributed by atoms with van der Waals surface area (Å²) >= 11 is 3.52. The molecular weight excluding hydrogens is 296 g/mol. The molecule has 1 aliphatic heterocycles. The van der Waals surface area contributed by atoms with Gasteiger partial charge < -0.3 is 10.0 Å². The lowest BCUT2D eigenvalue weighted by Crippen LogP contribution is -2.54. The number of likely N-dealkylation sites (N-methyl/N-ethyl adjacent to an activating group) is 1. The zero-order valence-electron chi connectivity index (χ0n) is 10.6. The minimum absolute atomic E-state index is 0.432. The molecule has 2 rings (SSSR count). The monoisotopic (exact) mass is 312 g/mol. The van der Waals surface area contributed by atoms with Crippen molar-refractivity contribution in [1.82, 2.24) is 4.90 Å². The summed E-state index contributed by atoms with van der Waals surface area (Å²) in [6, 6.07) is 5.72. The van der Waals surface area contributed by atoms with Crippen LogP contribution in [0.4, 0.5) is 5.69 Å². The lowest BCUT2D eigenvalue weighted by Gasteiger charge is -2.38. The van der Waals surface area contributed by atoms with Crippen molar-refractivity contribution in [3.05, 3.63) is 28.2 Å². The van der Waals surface area contributed by atoms with Crippen LogP contribution >= 0.6 is 15.9 Å². The van der Waals surface area contributed by atoms with Gasteiger partial charge in [0.2, 0.25) is 0 Å². The second kappa shape index (κ2) is 5.28. The van der Waals surface area contributed by atoms with E-state index in [2.05, 4.69) is 26.9 Å². The first-order valence-corrected chi connectivity index (χ1v) is 6.72.